The molecule has 2 saturated heterocycles. The lowest BCUT2D eigenvalue weighted by molar-refractivity contribution is -0.139. The van der Waals surface area contributed by atoms with Crippen LogP contribution in [0.2, 0.25) is 0 Å². The Morgan fingerprint density at radius 1 is 1.19 bits per heavy atom. The van der Waals surface area contributed by atoms with Gasteiger partial charge in [0.2, 0.25) is 15.9 Å². The highest BCUT2D eigenvalue weighted by atomic mass is 32.2. The van der Waals surface area contributed by atoms with Gasteiger partial charge in [-0.2, -0.15) is 4.31 Å². The summed E-state index contributed by atoms with van der Waals surface area (Å²) in [6.45, 7) is 8.81. The molecule has 0 saturated carbocycles. The molecule has 1 amide bonds. The summed E-state index contributed by atoms with van der Waals surface area (Å²) in [5, 5.41) is 10.9. The number of benzene rings is 1. The summed E-state index contributed by atoms with van der Waals surface area (Å²) in [5.41, 5.74) is 1.30. The van der Waals surface area contributed by atoms with Gasteiger partial charge in [-0.05, 0) is 82.2 Å². The van der Waals surface area contributed by atoms with E-state index in [1.807, 2.05) is 32.1 Å². The van der Waals surface area contributed by atoms with Crippen molar-refractivity contribution in [3.63, 3.8) is 0 Å². The average Bonchev–Trinajstić information content (AvgIpc) is 3.31. The Morgan fingerprint density at radius 3 is 2.42 bits per heavy atom. The summed E-state index contributed by atoms with van der Waals surface area (Å²) < 4.78 is 39.6. The molecule has 1 aromatic rings. The molecule has 1 aromatic carbocycles. The third-order valence-electron chi connectivity index (χ3n) is 7.31. The van der Waals surface area contributed by atoms with Gasteiger partial charge in [0.15, 0.2) is 0 Å². The Balaban J connectivity index is 1.57. The molecule has 9 heteroatoms. The summed E-state index contributed by atoms with van der Waals surface area (Å²) in [6, 6.07) is 3.16. The summed E-state index contributed by atoms with van der Waals surface area (Å²) >= 11 is 0. The lowest BCUT2D eigenvalue weighted by Gasteiger charge is -2.39. The normalized spacial score (nSPS) is 21.3. The van der Waals surface area contributed by atoms with Crippen LogP contribution in [0.5, 0.6) is 5.75 Å². The standard InChI is InChI=1S/C27H40N2O6S/c1-6-7-9-22(4)27(31)11-14-28(15-12-27)25(30)19-35-18-23-10-8-13-29(23)36(32,33)26-20(2)16-24(34-5)17-21(26)3/h6-7,9,16-17,23,31H,8,10-15,18-19H2,1-5H3/b7-6-,22-9+/t23-/m0/s1. The lowest BCUT2D eigenvalue weighted by Crippen LogP contribution is -2.48. The van der Waals surface area contributed by atoms with Crippen LogP contribution in [0.1, 0.15) is 50.7 Å². The van der Waals surface area contributed by atoms with E-state index in [1.165, 1.54) is 4.31 Å². The first kappa shape index (κ1) is 28.4. The van der Waals surface area contributed by atoms with Gasteiger partial charge in [-0.15, -0.1) is 0 Å². The van der Waals surface area contributed by atoms with Crippen LogP contribution in [0.3, 0.4) is 0 Å². The predicted molar refractivity (Wildman–Crippen MR) is 140 cm³/mol. The van der Waals surface area contributed by atoms with Crippen LogP contribution in [0.25, 0.3) is 0 Å². The van der Waals surface area contributed by atoms with Crippen LogP contribution < -0.4 is 4.74 Å². The number of allylic oxidation sites excluding steroid dienone is 3. The number of sulfonamides is 1. The van der Waals surface area contributed by atoms with E-state index in [1.54, 1.807) is 38.0 Å². The minimum absolute atomic E-state index is 0.100. The quantitative estimate of drug-likeness (QED) is 0.502. The maximum absolute atomic E-state index is 13.5. The monoisotopic (exact) mass is 520 g/mol. The summed E-state index contributed by atoms with van der Waals surface area (Å²) in [6.07, 6.45) is 8.14. The van der Waals surface area contributed by atoms with Gasteiger partial charge in [0.05, 0.1) is 24.2 Å². The molecule has 1 atom stereocenters. The van der Waals surface area contributed by atoms with Crippen molar-refractivity contribution in [3.05, 3.63) is 47.1 Å². The minimum Gasteiger partial charge on any atom is -0.497 e. The molecule has 36 heavy (non-hydrogen) atoms. The minimum atomic E-state index is -3.71. The van der Waals surface area contributed by atoms with Crippen molar-refractivity contribution in [1.29, 1.82) is 0 Å². The van der Waals surface area contributed by atoms with Crippen molar-refractivity contribution in [2.45, 2.75) is 69.9 Å². The van der Waals surface area contributed by atoms with E-state index < -0.39 is 15.6 Å². The van der Waals surface area contributed by atoms with Gasteiger partial charge in [-0.3, -0.25) is 4.79 Å². The number of nitrogens with zero attached hydrogens (tertiary/aromatic N) is 2. The largest absolute Gasteiger partial charge is 0.497 e. The van der Waals surface area contributed by atoms with Crippen LogP contribution in [0, 0.1) is 13.8 Å². The van der Waals surface area contributed by atoms with Gasteiger partial charge in [0.25, 0.3) is 0 Å². The second-order valence-corrected chi connectivity index (χ2v) is 11.6. The summed E-state index contributed by atoms with van der Waals surface area (Å²) in [7, 11) is -2.15. The maximum atomic E-state index is 13.5. The number of carbonyl (C=O) groups is 1. The molecule has 3 rings (SSSR count). The van der Waals surface area contributed by atoms with Crippen molar-refractivity contribution in [2.75, 3.05) is 40.0 Å². The molecular weight excluding hydrogens is 480 g/mol. The molecule has 2 fully saturated rings. The highest BCUT2D eigenvalue weighted by Gasteiger charge is 2.38. The number of aliphatic hydroxyl groups is 1. The van der Waals surface area contributed by atoms with E-state index in [4.69, 9.17) is 9.47 Å². The molecular formula is C27H40N2O6S. The second kappa shape index (κ2) is 11.9. The number of rotatable bonds is 9. The van der Waals surface area contributed by atoms with Crippen molar-refractivity contribution in [2.24, 2.45) is 0 Å². The fourth-order valence-electron chi connectivity index (χ4n) is 5.13. The predicted octanol–water partition coefficient (Wildman–Crippen LogP) is 3.36. The van der Waals surface area contributed by atoms with Crippen molar-refractivity contribution < 1.29 is 27.8 Å². The highest BCUT2D eigenvalue weighted by Crippen LogP contribution is 2.33. The molecule has 0 spiro atoms. The summed E-state index contributed by atoms with van der Waals surface area (Å²) in [4.78, 5) is 14.7. The van der Waals surface area contributed by atoms with Crippen LogP contribution in [-0.4, -0.2) is 80.2 Å². The van der Waals surface area contributed by atoms with Crippen LogP contribution in [-0.2, 0) is 19.6 Å². The zero-order chi connectivity index (χ0) is 26.5. The smallest absolute Gasteiger partial charge is 0.248 e. The Labute approximate surface area is 215 Å². The first-order chi connectivity index (χ1) is 17.0. The number of likely N-dealkylation sites (tertiary alicyclic amines) is 1. The molecule has 1 N–H and O–H groups in total. The SMILES string of the molecule is C/C=C\C=C(/C)C1(O)CCN(C(=O)COC[C@@H]2CCCN2S(=O)(=O)c2c(C)cc(OC)cc2C)CC1. The van der Waals surface area contributed by atoms with Gasteiger partial charge >= 0.3 is 0 Å². The van der Waals surface area contributed by atoms with Crippen LogP contribution >= 0.6 is 0 Å². The highest BCUT2D eigenvalue weighted by molar-refractivity contribution is 7.89. The Bertz CT molecular complexity index is 1080. The first-order valence-corrected chi connectivity index (χ1v) is 14.0. The molecule has 200 valence electrons. The van der Waals surface area contributed by atoms with E-state index in [-0.39, 0.29) is 25.2 Å². The van der Waals surface area contributed by atoms with Crippen molar-refractivity contribution in [3.8, 4) is 5.75 Å². The molecule has 8 nitrogen and oxygen atoms in total. The van der Waals surface area contributed by atoms with Gasteiger partial charge < -0.3 is 19.5 Å². The number of amides is 1. The maximum Gasteiger partial charge on any atom is 0.248 e. The fraction of sp³-hybridized carbons (Fsp3) is 0.593. The Kier molecular flexibility index (Phi) is 9.38. The van der Waals surface area contributed by atoms with Gasteiger partial charge in [0.1, 0.15) is 12.4 Å². The van der Waals surface area contributed by atoms with Crippen LogP contribution in [0.15, 0.2) is 40.8 Å². The third kappa shape index (κ3) is 6.19. The van der Waals surface area contributed by atoms with E-state index in [0.717, 1.165) is 12.0 Å². The van der Waals surface area contributed by atoms with Gasteiger partial charge in [0, 0.05) is 25.7 Å². The average molecular weight is 521 g/mol. The van der Waals surface area contributed by atoms with E-state index in [9.17, 15) is 18.3 Å². The summed E-state index contributed by atoms with van der Waals surface area (Å²) in [5.74, 6) is 0.491. The van der Waals surface area contributed by atoms with E-state index in [2.05, 4.69) is 0 Å². The molecule has 2 aliphatic heterocycles. The lowest BCUT2D eigenvalue weighted by atomic mass is 9.84. The van der Waals surface area contributed by atoms with Crippen LogP contribution in [0.4, 0.5) is 0 Å². The van der Waals surface area contributed by atoms with Crippen molar-refractivity contribution in [1.82, 2.24) is 9.21 Å². The van der Waals surface area contributed by atoms with E-state index in [0.29, 0.717) is 60.7 Å². The number of methoxy groups -OCH3 is 1. The van der Waals surface area contributed by atoms with E-state index >= 15 is 0 Å². The molecule has 0 bridgehead atoms. The second-order valence-electron chi connectivity index (χ2n) is 9.81. The first-order valence-electron chi connectivity index (χ1n) is 12.6. The van der Waals surface area contributed by atoms with Crippen molar-refractivity contribution >= 4 is 15.9 Å². The number of carbonyl (C=O) groups excluding carboxylic acids is 1. The molecule has 0 radical (unpaired) electrons. The number of piperidine rings is 1. The number of hydrogen-bond donors (Lipinski definition) is 1. The molecule has 0 aromatic heterocycles. The molecule has 2 aliphatic rings. The van der Waals surface area contributed by atoms with Gasteiger partial charge in [-0.25, -0.2) is 8.42 Å². The fourth-order valence-corrected chi connectivity index (χ4v) is 7.23. The third-order valence-corrected chi connectivity index (χ3v) is 9.57. The topological polar surface area (TPSA) is 96.4 Å². The number of hydrogen-bond acceptors (Lipinski definition) is 6. The molecule has 0 unspecified atom stereocenters. The zero-order valence-electron chi connectivity index (χ0n) is 22.1. The number of aryl methyl sites for hydroxylation is 2. The Hall–Kier alpha value is -2.20. The van der Waals surface area contributed by atoms with Gasteiger partial charge in [-0.1, -0.05) is 18.2 Å². The molecule has 2 heterocycles. The zero-order valence-corrected chi connectivity index (χ0v) is 22.9. The molecule has 0 aliphatic carbocycles. The Morgan fingerprint density at radius 2 is 1.83 bits per heavy atom. The number of ether oxygens (including phenoxy) is 2.